The molecule has 0 aliphatic carbocycles. The number of carbonyl (C=O) groups excluding carboxylic acids is 2. The zero-order chi connectivity index (χ0) is 22.0. The Hall–Kier alpha value is -3.46. The van der Waals surface area contributed by atoms with Crippen LogP contribution in [0.15, 0.2) is 54.6 Å². The van der Waals surface area contributed by atoms with Gasteiger partial charge in [0.05, 0.1) is 22.9 Å². The average molecular weight is 439 g/mol. The van der Waals surface area contributed by atoms with Crippen molar-refractivity contribution in [2.24, 2.45) is 0 Å². The summed E-state index contributed by atoms with van der Waals surface area (Å²) >= 11 is 0. The van der Waals surface area contributed by atoms with Gasteiger partial charge in [0.25, 0.3) is 0 Å². The standard InChI is InChI=1S/C22H22N4O4S/c1-15-7-9-17(10-8-15)26-20(18-13-31(29,30)14-19(18)25-26)24-22(28)21(27)23-12-11-16-5-3-2-4-6-16/h2-10H,11-14H2,1H3,(H,23,27)(H,24,28). The molecule has 1 aliphatic rings. The molecule has 1 aliphatic heterocycles. The molecule has 0 saturated heterocycles. The highest BCUT2D eigenvalue weighted by Crippen LogP contribution is 2.32. The lowest BCUT2D eigenvalue weighted by Crippen LogP contribution is -2.37. The van der Waals surface area contributed by atoms with E-state index >= 15 is 0 Å². The third-order valence-electron chi connectivity index (χ3n) is 5.05. The largest absolute Gasteiger partial charge is 0.347 e. The number of hydrogen-bond donors (Lipinski definition) is 2. The second-order valence-corrected chi connectivity index (χ2v) is 9.56. The van der Waals surface area contributed by atoms with Crippen LogP contribution in [0, 0.1) is 6.92 Å². The Morgan fingerprint density at radius 2 is 1.71 bits per heavy atom. The normalized spacial score (nSPS) is 14.1. The van der Waals surface area contributed by atoms with E-state index < -0.39 is 21.7 Å². The van der Waals surface area contributed by atoms with E-state index in [0.717, 1.165) is 11.1 Å². The molecule has 0 atom stereocenters. The minimum Gasteiger partial charge on any atom is -0.347 e. The van der Waals surface area contributed by atoms with Crippen LogP contribution in [0.4, 0.5) is 5.82 Å². The van der Waals surface area contributed by atoms with Crippen molar-refractivity contribution in [3.8, 4) is 5.69 Å². The zero-order valence-electron chi connectivity index (χ0n) is 17.0. The number of anilines is 1. The molecule has 160 valence electrons. The minimum atomic E-state index is -3.32. The first-order chi connectivity index (χ1) is 14.8. The molecule has 2 N–H and O–H groups in total. The lowest BCUT2D eigenvalue weighted by atomic mass is 10.1. The topological polar surface area (TPSA) is 110 Å². The quantitative estimate of drug-likeness (QED) is 0.592. The van der Waals surface area contributed by atoms with Crippen LogP contribution in [0.25, 0.3) is 5.69 Å². The van der Waals surface area contributed by atoms with Gasteiger partial charge in [-0.3, -0.25) is 9.59 Å². The van der Waals surface area contributed by atoms with Crippen molar-refractivity contribution in [2.75, 3.05) is 11.9 Å². The summed E-state index contributed by atoms with van der Waals surface area (Å²) in [6, 6.07) is 17.0. The molecule has 0 spiro atoms. The number of rotatable bonds is 5. The molecule has 0 unspecified atom stereocenters. The van der Waals surface area contributed by atoms with Crippen LogP contribution in [-0.4, -0.2) is 36.6 Å². The number of aromatic nitrogens is 2. The number of carbonyl (C=O) groups is 2. The minimum absolute atomic E-state index is 0.187. The summed E-state index contributed by atoms with van der Waals surface area (Å²) in [7, 11) is -3.32. The van der Waals surface area contributed by atoms with E-state index in [1.807, 2.05) is 61.5 Å². The molecule has 4 rings (SSSR count). The van der Waals surface area contributed by atoms with E-state index in [1.54, 1.807) is 0 Å². The Balaban J connectivity index is 1.52. The van der Waals surface area contributed by atoms with E-state index in [-0.39, 0.29) is 17.3 Å². The fourth-order valence-corrected chi connectivity index (χ4v) is 4.95. The molecule has 2 amide bonds. The molecule has 0 radical (unpaired) electrons. The van der Waals surface area contributed by atoms with E-state index in [4.69, 9.17) is 0 Å². The van der Waals surface area contributed by atoms with Crippen LogP contribution in [0.1, 0.15) is 22.4 Å². The zero-order valence-corrected chi connectivity index (χ0v) is 17.8. The molecule has 0 fully saturated rings. The maximum Gasteiger partial charge on any atom is 0.314 e. The highest BCUT2D eigenvalue weighted by molar-refractivity contribution is 7.90. The van der Waals surface area contributed by atoms with Crippen LogP contribution >= 0.6 is 0 Å². The molecule has 8 nitrogen and oxygen atoms in total. The van der Waals surface area contributed by atoms with Gasteiger partial charge in [0, 0.05) is 12.1 Å². The van der Waals surface area contributed by atoms with E-state index in [2.05, 4.69) is 15.7 Å². The van der Waals surface area contributed by atoms with E-state index in [0.29, 0.717) is 29.9 Å². The van der Waals surface area contributed by atoms with Crippen molar-refractivity contribution in [2.45, 2.75) is 24.9 Å². The number of fused-ring (bicyclic) bond motifs is 1. The number of amides is 2. The second kappa shape index (κ2) is 8.35. The van der Waals surface area contributed by atoms with Gasteiger partial charge in [-0.05, 0) is 31.0 Å². The highest BCUT2D eigenvalue weighted by atomic mass is 32.2. The molecule has 2 aromatic carbocycles. The molecule has 0 saturated carbocycles. The first-order valence-electron chi connectivity index (χ1n) is 9.84. The Morgan fingerprint density at radius 3 is 2.42 bits per heavy atom. The maximum atomic E-state index is 12.5. The first kappa shape index (κ1) is 20.8. The Morgan fingerprint density at radius 1 is 1.00 bits per heavy atom. The lowest BCUT2D eigenvalue weighted by molar-refractivity contribution is -0.136. The molecule has 2 heterocycles. The molecular weight excluding hydrogens is 416 g/mol. The number of aryl methyl sites for hydroxylation is 1. The highest BCUT2D eigenvalue weighted by Gasteiger charge is 2.33. The van der Waals surface area contributed by atoms with Crippen molar-refractivity contribution in [1.82, 2.24) is 15.1 Å². The molecule has 31 heavy (non-hydrogen) atoms. The predicted molar refractivity (Wildman–Crippen MR) is 116 cm³/mol. The van der Waals surface area contributed by atoms with Crippen LogP contribution < -0.4 is 10.6 Å². The second-order valence-electron chi connectivity index (χ2n) is 7.50. The SMILES string of the molecule is Cc1ccc(-n2nc3c(c2NC(=O)C(=O)NCCc2ccccc2)CS(=O)(=O)C3)cc1. The molecular formula is C22H22N4O4S. The number of sulfone groups is 1. The Labute approximate surface area is 180 Å². The van der Waals surface area contributed by atoms with Crippen LogP contribution in [0.5, 0.6) is 0 Å². The maximum absolute atomic E-state index is 12.5. The van der Waals surface area contributed by atoms with Gasteiger partial charge in [-0.1, -0.05) is 48.0 Å². The van der Waals surface area contributed by atoms with Gasteiger partial charge in [0.15, 0.2) is 9.84 Å². The van der Waals surface area contributed by atoms with Gasteiger partial charge < -0.3 is 10.6 Å². The number of nitrogens with one attached hydrogen (secondary N) is 2. The van der Waals surface area contributed by atoms with Gasteiger partial charge in [-0.25, -0.2) is 13.1 Å². The summed E-state index contributed by atoms with van der Waals surface area (Å²) in [6.07, 6.45) is 0.592. The van der Waals surface area contributed by atoms with Crippen LogP contribution in [-0.2, 0) is 37.4 Å². The summed E-state index contributed by atoms with van der Waals surface area (Å²) in [5, 5.41) is 9.56. The molecule has 3 aromatic rings. The van der Waals surface area contributed by atoms with Gasteiger partial charge in [0.1, 0.15) is 5.82 Å². The van der Waals surface area contributed by atoms with Crippen molar-refractivity contribution in [1.29, 1.82) is 0 Å². The molecule has 9 heteroatoms. The summed E-state index contributed by atoms with van der Waals surface area (Å²) < 4.78 is 25.6. The van der Waals surface area contributed by atoms with Crippen LogP contribution in [0.3, 0.4) is 0 Å². The van der Waals surface area contributed by atoms with Crippen LogP contribution in [0.2, 0.25) is 0 Å². The predicted octanol–water partition coefficient (Wildman–Crippen LogP) is 1.91. The number of benzene rings is 2. The van der Waals surface area contributed by atoms with Crippen molar-refractivity contribution >= 4 is 27.5 Å². The van der Waals surface area contributed by atoms with Gasteiger partial charge in [0.2, 0.25) is 0 Å². The summed E-state index contributed by atoms with van der Waals surface area (Å²) in [5.74, 6) is -1.86. The van der Waals surface area contributed by atoms with Gasteiger partial charge >= 0.3 is 11.8 Å². The molecule has 1 aromatic heterocycles. The summed E-state index contributed by atoms with van der Waals surface area (Å²) in [6.45, 7) is 2.25. The fraction of sp³-hybridized carbons (Fsp3) is 0.227. The van der Waals surface area contributed by atoms with Crippen molar-refractivity contribution in [3.05, 3.63) is 77.0 Å². The third-order valence-corrected chi connectivity index (χ3v) is 6.49. The first-order valence-corrected chi connectivity index (χ1v) is 11.7. The van der Waals surface area contributed by atoms with Gasteiger partial charge in [-0.15, -0.1) is 0 Å². The van der Waals surface area contributed by atoms with E-state index in [9.17, 15) is 18.0 Å². The smallest absolute Gasteiger partial charge is 0.314 e. The lowest BCUT2D eigenvalue weighted by Gasteiger charge is -2.11. The number of hydrogen-bond acceptors (Lipinski definition) is 5. The number of nitrogens with zero attached hydrogens (tertiary/aromatic N) is 2. The monoisotopic (exact) mass is 438 g/mol. The summed E-state index contributed by atoms with van der Waals surface area (Å²) in [4.78, 5) is 24.8. The average Bonchev–Trinajstić information content (AvgIpc) is 3.21. The third kappa shape index (κ3) is 4.66. The van der Waals surface area contributed by atoms with E-state index in [1.165, 1.54) is 4.68 Å². The van der Waals surface area contributed by atoms with Crippen molar-refractivity contribution < 1.29 is 18.0 Å². The molecule has 0 bridgehead atoms. The summed E-state index contributed by atoms with van der Waals surface area (Å²) in [5.41, 5.74) is 3.57. The van der Waals surface area contributed by atoms with Crippen molar-refractivity contribution in [3.63, 3.8) is 0 Å². The Kier molecular flexibility index (Phi) is 5.60. The van der Waals surface area contributed by atoms with Gasteiger partial charge in [-0.2, -0.15) is 5.10 Å². The Bertz CT molecular complexity index is 1230. The fourth-order valence-electron chi connectivity index (χ4n) is 3.45.